The normalized spacial score (nSPS) is 23.3. The van der Waals surface area contributed by atoms with Crippen LogP contribution < -0.4 is 5.32 Å². The molecular formula is C32H42N4O3S. The number of carbonyl (C=O) groups is 3. The molecule has 4 atom stereocenters. The van der Waals surface area contributed by atoms with E-state index >= 15 is 0 Å². The molecule has 1 aromatic heterocycles. The Morgan fingerprint density at radius 3 is 2.55 bits per heavy atom. The molecule has 3 heterocycles. The summed E-state index contributed by atoms with van der Waals surface area (Å²) in [5.74, 6) is -0.200. The summed E-state index contributed by atoms with van der Waals surface area (Å²) in [6.07, 6.45) is 8.23. The summed E-state index contributed by atoms with van der Waals surface area (Å²) < 4.78 is 0. The number of hydrogen-bond donors (Lipinski definition) is 1. The van der Waals surface area contributed by atoms with Crippen molar-refractivity contribution in [2.24, 2.45) is 11.8 Å². The maximum absolute atomic E-state index is 14.4. The molecule has 2 saturated heterocycles. The Morgan fingerprint density at radius 1 is 1.07 bits per heavy atom. The number of allylic oxidation sites excluding steroid dienone is 1. The number of nitrogens with one attached hydrogen (secondary N) is 1. The predicted molar refractivity (Wildman–Crippen MR) is 159 cm³/mol. The standard InChI is InChI=1S/C32H42N4O3S/c1-4-21(2)30(38)34-28(24-14-9-6-10-15-24)32(39)36-18-25-16-11-17-35(25)19-27(36)31-33-26(20-40-31)29(37)22(3)23-12-7-5-8-13-23/h5,7-8,12-13,20-21,24-25,27-28H,3-4,6,9-11,14-19H2,1-2H3,(H,34,38)/t21-,25-,27+,28+/m1/s1. The van der Waals surface area contributed by atoms with Crippen LogP contribution in [-0.4, -0.2) is 64.1 Å². The number of benzene rings is 1. The van der Waals surface area contributed by atoms with Gasteiger partial charge in [-0.05, 0) is 50.1 Å². The second-order valence-corrected chi connectivity index (χ2v) is 12.6. The first-order valence-electron chi connectivity index (χ1n) is 15.0. The number of rotatable bonds is 9. The highest BCUT2D eigenvalue weighted by Gasteiger charge is 2.44. The zero-order chi connectivity index (χ0) is 28.2. The van der Waals surface area contributed by atoms with Gasteiger partial charge in [-0.2, -0.15) is 0 Å². The third kappa shape index (κ3) is 6.08. The van der Waals surface area contributed by atoms with Crippen LogP contribution in [0.15, 0.2) is 42.3 Å². The summed E-state index contributed by atoms with van der Waals surface area (Å²) in [5, 5.41) is 5.77. The summed E-state index contributed by atoms with van der Waals surface area (Å²) in [6, 6.07) is 9.01. The second-order valence-electron chi connectivity index (χ2n) is 11.7. The van der Waals surface area contributed by atoms with Gasteiger partial charge in [-0.1, -0.05) is 70.0 Å². The van der Waals surface area contributed by atoms with Gasteiger partial charge in [0.15, 0.2) is 0 Å². The largest absolute Gasteiger partial charge is 0.344 e. The fraction of sp³-hybridized carbons (Fsp3) is 0.562. The van der Waals surface area contributed by atoms with E-state index in [0.717, 1.165) is 62.1 Å². The van der Waals surface area contributed by atoms with Gasteiger partial charge in [0.2, 0.25) is 17.6 Å². The molecule has 3 fully saturated rings. The van der Waals surface area contributed by atoms with Crippen molar-refractivity contribution in [2.45, 2.75) is 83.3 Å². The van der Waals surface area contributed by atoms with Crippen molar-refractivity contribution < 1.29 is 14.4 Å². The molecule has 214 valence electrons. The number of aromatic nitrogens is 1. The van der Waals surface area contributed by atoms with Crippen LogP contribution in [0.2, 0.25) is 0 Å². The van der Waals surface area contributed by atoms with Crippen molar-refractivity contribution in [2.75, 3.05) is 19.6 Å². The number of hydrogen-bond acceptors (Lipinski definition) is 6. The van der Waals surface area contributed by atoms with Gasteiger partial charge in [0.25, 0.3) is 0 Å². The zero-order valence-electron chi connectivity index (χ0n) is 23.8. The molecule has 0 spiro atoms. The Hall–Kier alpha value is -2.84. The Kier molecular flexibility index (Phi) is 9.16. The molecule has 0 bridgehead atoms. The summed E-state index contributed by atoms with van der Waals surface area (Å²) in [7, 11) is 0. The maximum Gasteiger partial charge on any atom is 0.246 e. The van der Waals surface area contributed by atoms with Crippen LogP contribution >= 0.6 is 11.3 Å². The quantitative estimate of drug-likeness (QED) is 0.323. The highest BCUT2D eigenvalue weighted by atomic mass is 32.1. The van der Waals surface area contributed by atoms with Gasteiger partial charge in [-0.3, -0.25) is 19.3 Å². The van der Waals surface area contributed by atoms with E-state index in [9.17, 15) is 14.4 Å². The number of carbonyl (C=O) groups excluding carboxylic acids is 3. The first-order chi connectivity index (χ1) is 19.4. The average molecular weight is 563 g/mol. The van der Waals surface area contributed by atoms with E-state index in [1.807, 2.05) is 49.1 Å². The zero-order valence-corrected chi connectivity index (χ0v) is 24.6. The molecule has 2 amide bonds. The van der Waals surface area contributed by atoms with Gasteiger partial charge in [-0.15, -0.1) is 11.3 Å². The van der Waals surface area contributed by atoms with Crippen molar-refractivity contribution in [3.05, 3.63) is 58.6 Å². The molecule has 1 aromatic carbocycles. The van der Waals surface area contributed by atoms with Crippen molar-refractivity contribution in [3.8, 4) is 0 Å². The molecular weight excluding hydrogens is 520 g/mol. The van der Waals surface area contributed by atoms with E-state index in [0.29, 0.717) is 30.4 Å². The van der Waals surface area contributed by atoms with Crippen LogP contribution in [0.25, 0.3) is 5.57 Å². The van der Waals surface area contributed by atoms with Crippen LogP contribution in [-0.2, 0) is 9.59 Å². The number of piperazine rings is 1. The fourth-order valence-electron chi connectivity index (χ4n) is 6.45. The number of nitrogens with zero attached hydrogens (tertiary/aromatic N) is 3. The summed E-state index contributed by atoms with van der Waals surface area (Å²) in [4.78, 5) is 50.0. The third-order valence-corrected chi connectivity index (χ3v) is 10.1. The second kappa shape index (κ2) is 12.8. The summed E-state index contributed by atoms with van der Waals surface area (Å²) in [5.41, 5.74) is 1.57. The van der Waals surface area contributed by atoms with E-state index in [4.69, 9.17) is 4.98 Å². The topological polar surface area (TPSA) is 82.6 Å². The fourth-order valence-corrected chi connectivity index (χ4v) is 7.35. The molecule has 8 heteroatoms. The Morgan fingerprint density at radius 2 is 1.82 bits per heavy atom. The lowest BCUT2D eigenvalue weighted by Crippen LogP contribution is -2.60. The molecule has 0 radical (unpaired) electrons. The molecule has 5 rings (SSSR count). The van der Waals surface area contributed by atoms with Crippen LogP contribution in [0.4, 0.5) is 0 Å². The number of ketones is 1. The molecule has 1 aliphatic carbocycles. The predicted octanol–water partition coefficient (Wildman–Crippen LogP) is 5.50. The van der Waals surface area contributed by atoms with Crippen LogP contribution in [0.3, 0.4) is 0 Å². The minimum absolute atomic E-state index is 0.0110. The van der Waals surface area contributed by atoms with E-state index in [1.54, 1.807) is 5.38 Å². The lowest BCUT2D eigenvalue weighted by atomic mass is 9.82. The van der Waals surface area contributed by atoms with E-state index in [-0.39, 0.29) is 35.5 Å². The monoisotopic (exact) mass is 562 g/mol. The van der Waals surface area contributed by atoms with Crippen LogP contribution in [0.1, 0.15) is 92.3 Å². The van der Waals surface area contributed by atoms with Crippen LogP contribution in [0, 0.1) is 11.8 Å². The van der Waals surface area contributed by atoms with Gasteiger partial charge < -0.3 is 10.2 Å². The van der Waals surface area contributed by atoms with Crippen molar-refractivity contribution in [3.63, 3.8) is 0 Å². The molecule has 3 aliphatic rings. The molecule has 1 N–H and O–H groups in total. The number of Topliss-reactive ketones (excluding diaryl/α,β-unsaturated/α-hetero) is 1. The minimum atomic E-state index is -0.517. The van der Waals surface area contributed by atoms with Gasteiger partial charge >= 0.3 is 0 Å². The Labute approximate surface area is 242 Å². The lowest BCUT2D eigenvalue weighted by Gasteiger charge is -2.45. The van der Waals surface area contributed by atoms with E-state index in [1.165, 1.54) is 17.8 Å². The minimum Gasteiger partial charge on any atom is -0.344 e. The summed E-state index contributed by atoms with van der Waals surface area (Å²) in [6.45, 7) is 10.3. The first kappa shape index (κ1) is 28.7. The third-order valence-electron chi connectivity index (χ3n) is 9.15. The van der Waals surface area contributed by atoms with Crippen molar-refractivity contribution in [1.29, 1.82) is 0 Å². The Balaban J connectivity index is 1.42. The van der Waals surface area contributed by atoms with E-state index in [2.05, 4.69) is 16.8 Å². The molecule has 40 heavy (non-hydrogen) atoms. The number of fused-ring (bicyclic) bond motifs is 1. The lowest BCUT2D eigenvalue weighted by molar-refractivity contribution is -0.144. The molecule has 0 unspecified atom stereocenters. The first-order valence-corrected chi connectivity index (χ1v) is 15.8. The molecule has 2 aliphatic heterocycles. The van der Waals surface area contributed by atoms with Gasteiger partial charge in [0, 0.05) is 36.0 Å². The molecule has 7 nitrogen and oxygen atoms in total. The maximum atomic E-state index is 14.4. The highest BCUT2D eigenvalue weighted by molar-refractivity contribution is 7.10. The molecule has 2 aromatic rings. The number of amides is 2. The summed E-state index contributed by atoms with van der Waals surface area (Å²) >= 11 is 1.44. The van der Waals surface area contributed by atoms with Crippen molar-refractivity contribution in [1.82, 2.24) is 20.1 Å². The van der Waals surface area contributed by atoms with Gasteiger partial charge in [0.1, 0.15) is 16.7 Å². The van der Waals surface area contributed by atoms with Gasteiger partial charge in [0.05, 0.1) is 6.04 Å². The number of thiazole rings is 1. The van der Waals surface area contributed by atoms with Crippen molar-refractivity contribution >= 4 is 34.5 Å². The Bertz CT molecular complexity index is 1220. The smallest absolute Gasteiger partial charge is 0.246 e. The SMILES string of the molecule is C=C(C(=O)c1csc([C@@H]2CN3CCC[C@@H]3CN2C(=O)[C@@H](NC(=O)[C@H](C)CC)C2CCCCC2)n1)c1ccccc1. The molecule has 1 saturated carbocycles. The van der Waals surface area contributed by atoms with Crippen LogP contribution in [0.5, 0.6) is 0 Å². The average Bonchev–Trinajstić information content (AvgIpc) is 3.68. The van der Waals surface area contributed by atoms with E-state index < -0.39 is 6.04 Å². The highest BCUT2D eigenvalue weighted by Crippen LogP contribution is 2.37. The van der Waals surface area contributed by atoms with Gasteiger partial charge in [-0.25, -0.2) is 4.98 Å².